The molecule has 1 aliphatic rings. The predicted molar refractivity (Wildman–Crippen MR) is 103 cm³/mol. The molecule has 6 nitrogen and oxygen atoms in total. The number of carbonyl (C=O) groups is 2. The fourth-order valence-electron chi connectivity index (χ4n) is 3.16. The molecule has 1 aromatic rings. The number of benzene rings is 1. The predicted octanol–water partition coefficient (Wildman–Crippen LogP) is 2.51. The molecule has 0 aromatic heterocycles. The SMILES string of the molecule is COc1cc(C)c(C)cc1CC(=O)N1CCCN(C(=O)NC(C)C)CC1. The summed E-state index contributed by atoms with van der Waals surface area (Å²) in [6, 6.07) is 4.08. The minimum atomic E-state index is -0.0508. The summed E-state index contributed by atoms with van der Waals surface area (Å²) in [6.07, 6.45) is 1.11. The van der Waals surface area contributed by atoms with Gasteiger partial charge in [-0.25, -0.2) is 4.79 Å². The van der Waals surface area contributed by atoms with Crippen LogP contribution in [-0.4, -0.2) is 61.1 Å². The quantitative estimate of drug-likeness (QED) is 0.896. The highest BCUT2D eigenvalue weighted by molar-refractivity contribution is 5.80. The third-order valence-corrected chi connectivity index (χ3v) is 4.79. The maximum absolute atomic E-state index is 12.8. The van der Waals surface area contributed by atoms with E-state index in [0.717, 1.165) is 28.9 Å². The number of rotatable bonds is 4. The van der Waals surface area contributed by atoms with Crippen molar-refractivity contribution in [1.29, 1.82) is 0 Å². The van der Waals surface area contributed by atoms with Crippen molar-refractivity contribution < 1.29 is 14.3 Å². The third-order valence-electron chi connectivity index (χ3n) is 4.79. The molecule has 0 atom stereocenters. The molecule has 1 aliphatic heterocycles. The average molecular weight is 361 g/mol. The summed E-state index contributed by atoms with van der Waals surface area (Å²) in [4.78, 5) is 28.6. The van der Waals surface area contributed by atoms with E-state index in [-0.39, 0.29) is 18.0 Å². The number of aryl methyl sites for hydroxylation is 2. The van der Waals surface area contributed by atoms with Gasteiger partial charge in [0.25, 0.3) is 0 Å². The van der Waals surface area contributed by atoms with Crippen molar-refractivity contribution in [3.05, 3.63) is 28.8 Å². The van der Waals surface area contributed by atoms with Gasteiger partial charge in [-0.3, -0.25) is 4.79 Å². The Kier molecular flexibility index (Phi) is 6.89. The summed E-state index contributed by atoms with van der Waals surface area (Å²) in [5.41, 5.74) is 3.22. The summed E-state index contributed by atoms with van der Waals surface area (Å²) in [7, 11) is 1.63. The zero-order chi connectivity index (χ0) is 19.3. The van der Waals surface area contributed by atoms with E-state index < -0.39 is 0 Å². The van der Waals surface area contributed by atoms with Gasteiger partial charge in [0.05, 0.1) is 13.5 Å². The molecule has 1 heterocycles. The highest BCUT2D eigenvalue weighted by Gasteiger charge is 2.23. The van der Waals surface area contributed by atoms with Crippen LogP contribution in [0.5, 0.6) is 5.75 Å². The van der Waals surface area contributed by atoms with Crippen molar-refractivity contribution in [3.63, 3.8) is 0 Å². The molecule has 0 saturated carbocycles. The lowest BCUT2D eigenvalue weighted by molar-refractivity contribution is -0.130. The van der Waals surface area contributed by atoms with Crippen molar-refractivity contribution in [1.82, 2.24) is 15.1 Å². The van der Waals surface area contributed by atoms with Crippen LogP contribution in [0.15, 0.2) is 12.1 Å². The molecule has 6 heteroatoms. The van der Waals surface area contributed by atoms with E-state index in [1.807, 2.05) is 44.7 Å². The summed E-state index contributed by atoms with van der Waals surface area (Å²) in [5.74, 6) is 0.840. The number of methoxy groups -OCH3 is 1. The van der Waals surface area contributed by atoms with Gasteiger partial charge in [0.2, 0.25) is 5.91 Å². The van der Waals surface area contributed by atoms with Crippen LogP contribution < -0.4 is 10.1 Å². The first kappa shape index (κ1) is 20.1. The molecule has 0 spiro atoms. The molecule has 0 unspecified atom stereocenters. The molecule has 1 N–H and O–H groups in total. The molecule has 0 bridgehead atoms. The summed E-state index contributed by atoms with van der Waals surface area (Å²) in [5, 5.41) is 2.92. The molecule has 1 saturated heterocycles. The number of nitrogens with one attached hydrogen (secondary N) is 1. The van der Waals surface area contributed by atoms with Crippen molar-refractivity contribution in [3.8, 4) is 5.75 Å². The monoisotopic (exact) mass is 361 g/mol. The number of urea groups is 1. The lowest BCUT2D eigenvalue weighted by atomic mass is 10.0. The van der Waals surface area contributed by atoms with Gasteiger partial charge in [-0.2, -0.15) is 0 Å². The second-order valence-electron chi connectivity index (χ2n) is 7.25. The second kappa shape index (κ2) is 8.92. The fraction of sp³-hybridized carbons (Fsp3) is 0.600. The topological polar surface area (TPSA) is 61.9 Å². The van der Waals surface area contributed by atoms with Gasteiger partial charge < -0.3 is 19.9 Å². The fourth-order valence-corrected chi connectivity index (χ4v) is 3.16. The van der Waals surface area contributed by atoms with E-state index >= 15 is 0 Å². The average Bonchev–Trinajstić information content (AvgIpc) is 2.83. The first-order valence-corrected chi connectivity index (χ1v) is 9.29. The van der Waals surface area contributed by atoms with Crippen LogP contribution in [0.1, 0.15) is 37.0 Å². The smallest absolute Gasteiger partial charge is 0.317 e. The maximum atomic E-state index is 12.8. The van der Waals surface area contributed by atoms with Crippen molar-refractivity contribution in [2.24, 2.45) is 0 Å². The molecule has 1 aromatic carbocycles. The second-order valence-corrected chi connectivity index (χ2v) is 7.25. The van der Waals surface area contributed by atoms with Gasteiger partial charge in [-0.05, 0) is 51.3 Å². The number of carbonyl (C=O) groups excluding carboxylic acids is 2. The van der Waals surface area contributed by atoms with Crippen LogP contribution >= 0.6 is 0 Å². The number of ether oxygens (including phenoxy) is 1. The van der Waals surface area contributed by atoms with E-state index in [1.54, 1.807) is 12.0 Å². The third kappa shape index (κ3) is 5.13. The molecule has 2 rings (SSSR count). The van der Waals surface area contributed by atoms with Crippen LogP contribution in [0, 0.1) is 13.8 Å². The lowest BCUT2D eigenvalue weighted by Crippen LogP contribution is -2.45. The number of hydrogen-bond acceptors (Lipinski definition) is 3. The van der Waals surface area contributed by atoms with E-state index in [9.17, 15) is 9.59 Å². The Bertz CT molecular complexity index is 658. The van der Waals surface area contributed by atoms with E-state index in [4.69, 9.17) is 4.74 Å². The molecular formula is C20H31N3O3. The molecular weight excluding hydrogens is 330 g/mol. The van der Waals surface area contributed by atoms with Crippen molar-refractivity contribution in [2.45, 2.75) is 46.6 Å². The Labute approximate surface area is 156 Å². The van der Waals surface area contributed by atoms with Gasteiger partial charge in [0.15, 0.2) is 0 Å². The Hall–Kier alpha value is -2.24. The first-order valence-electron chi connectivity index (χ1n) is 9.29. The maximum Gasteiger partial charge on any atom is 0.317 e. The van der Waals surface area contributed by atoms with Crippen LogP contribution in [0.2, 0.25) is 0 Å². The Morgan fingerprint density at radius 1 is 1.08 bits per heavy atom. The Morgan fingerprint density at radius 3 is 2.35 bits per heavy atom. The van der Waals surface area contributed by atoms with Crippen LogP contribution in [0.3, 0.4) is 0 Å². The van der Waals surface area contributed by atoms with Crippen LogP contribution in [-0.2, 0) is 11.2 Å². The standard InChI is InChI=1S/C20H31N3O3/c1-14(2)21-20(25)23-8-6-7-22(9-10-23)19(24)13-17-11-15(3)16(4)12-18(17)26-5/h11-12,14H,6-10,13H2,1-5H3,(H,21,25). The number of amides is 3. The highest BCUT2D eigenvalue weighted by Crippen LogP contribution is 2.24. The van der Waals surface area contributed by atoms with Gasteiger partial charge in [0.1, 0.15) is 5.75 Å². The van der Waals surface area contributed by atoms with E-state index in [1.165, 1.54) is 0 Å². The normalized spacial score (nSPS) is 15.0. The summed E-state index contributed by atoms with van der Waals surface area (Å²) < 4.78 is 5.45. The molecule has 144 valence electrons. The van der Waals surface area contributed by atoms with Gasteiger partial charge in [0, 0.05) is 37.8 Å². The van der Waals surface area contributed by atoms with Gasteiger partial charge in [-0.1, -0.05) is 6.07 Å². The Morgan fingerprint density at radius 2 is 1.69 bits per heavy atom. The van der Waals surface area contributed by atoms with Gasteiger partial charge >= 0.3 is 6.03 Å². The number of hydrogen-bond donors (Lipinski definition) is 1. The van der Waals surface area contributed by atoms with Crippen molar-refractivity contribution in [2.75, 3.05) is 33.3 Å². The van der Waals surface area contributed by atoms with E-state index in [2.05, 4.69) is 5.32 Å². The minimum Gasteiger partial charge on any atom is -0.496 e. The van der Waals surface area contributed by atoms with Crippen molar-refractivity contribution >= 4 is 11.9 Å². The van der Waals surface area contributed by atoms with E-state index in [0.29, 0.717) is 32.6 Å². The zero-order valence-corrected chi connectivity index (χ0v) is 16.6. The highest BCUT2D eigenvalue weighted by atomic mass is 16.5. The molecule has 26 heavy (non-hydrogen) atoms. The summed E-state index contributed by atoms with van der Waals surface area (Å²) >= 11 is 0. The molecule has 0 aliphatic carbocycles. The molecule has 0 radical (unpaired) electrons. The minimum absolute atomic E-state index is 0.0508. The van der Waals surface area contributed by atoms with Crippen LogP contribution in [0.4, 0.5) is 4.79 Å². The first-order chi connectivity index (χ1) is 12.3. The molecule has 3 amide bonds. The van der Waals surface area contributed by atoms with Gasteiger partial charge in [-0.15, -0.1) is 0 Å². The number of nitrogens with zero attached hydrogens (tertiary/aromatic N) is 2. The summed E-state index contributed by atoms with van der Waals surface area (Å²) in [6.45, 7) is 10.5. The zero-order valence-electron chi connectivity index (χ0n) is 16.6. The molecule has 1 fully saturated rings. The van der Waals surface area contributed by atoms with Crippen LogP contribution in [0.25, 0.3) is 0 Å². The Balaban J connectivity index is 2.00. The lowest BCUT2D eigenvalue weighted by Gasteiger charge is -2.23. The largest absolute Gasteiger partial charge is 0.496 e.